The van der Waals surface area contributed by atoms with Crippen LogP contribution in [0.25, 0.3) is 5.57 Å². The Morgan fingerprint density at radius 2 is 1.71 bits per heavy atom. The first-order valence-electron chi connectivity index (χ1n) is 26.7. The number of benzene rings is 2. The number of likely N-dealkylation sites (tertiary alicyclic amines) is 1. The summed E-state index contributed by atoms with van der Waals surface area (Å²) in [6, 6.07) is 13.2. The van der Waals surface area contributed by atoms with Gasteiger partial charge in [0.2, 0.25) is 11.8 Å². The number of fused-ring (bicyclic) bond motifs is 1. The van der Waals surface area contributed by atoms with Crippen LogP contribution in [0.15, 0.2) is 42.6 Å². The molecule has 13 nitrogen and oxygen atoms in total. The molecule has 4 heterocycles. The summed E-state index contributed by atoms with van der Waals surface area (Å²) in [4.78, 5) is 31.8. The number of nitrogens with zero attached hydrogens (tertiary/aromatic N) is 3. The number of likely N-dealkylation sites (N-methyl/N-ethyl adjacent to an activating group) is 1. The molecule has 6 atom stereocenters. The van der Waals surface area contributed by atoms with Crippen LogP contribution >= 0.6 is 11.6 Å². The molecular formula is C56H80ClN7O6. The van der Waals surface area contributed by atoms with Crippen molar-refractivity contribution in [3.63, 3.8) is 0 Å². The highest BCUT2D eigenvalue weighted by Gasteiger charge is 2.64. The molecule has 3 saturated heterocycles. The van der Waals surface area contributed by atoms with E-state index >= 15 is 0 Å². The number of ether oxygens (including phenoxy) is 3. The van der Waals surface area contributed by atoms with Crippen LogP contribution in [0.1, 0.15) is 142 Å². The maximum absolute atomic E-state index is 14.6. The lowest BCUT2D eigenvalue weighted by Crippen LogP contribution is -2.76. The maximum Gasteiger partial charge on any atom is 0.244 e. The average Bonchev–Trinajstić information content (AvgIpc) is 4.13. The first-order chi connectivity index (χ1) is 33.4. The van der Waals surface area contributed by atoms with Crippen molar-refractivity contribution in [1.29, 1.82) is 5.26 Å². The summed E-state index contributed by atoms with van der Waals surface area (Å²) in [7, 11) is 1.83. The molecule has 2 amide bonds. The fraction of sp³-hybridized carbons (Fsp3) is 0.696. The van der Waals surface area contributed by atoms with Crippen LogP contribution in [0, 0.1) is 45.8 Å². The third-order valence-electron chi connectivity index (χ3n) is 17.3. The van der Waals surface area contributed by atoms with E-state index in [1.165, 1.54) is 25.7 Å². The molecule has 3 aliphatic carbocycles. The number of carbonyl (C=O) groups excluding carboxylic acids is 2. The minimum Gasteiger partial charge on any atom is -0.490 e. The molecule has 4 aliphatic heterocycles. The molecule has 9 rings (SSSR count). The molecule has 6 fully saturated rings. The van der Waals surface area contributed by atoms with Gasteiger partial charge >= 0.3 is 0 Å². The van der Waals surface area contributed by atoms with Gasteiger partial charge in [0.15, 0.2) is 0 Å². The lowest BCUT2D eigenvalue weighted by Gasteiger charge is -2.63. The molecule has 3 saturated carbocycles. The molecule has 7 aliphatic rings. The molecule has 5 N–H and O–H groups in total. The lowest BCUT2D eigenvalue weighted by molar-refractivity contribution is -0.175. The third-order valence-corrected chi connectivity index (χ3v) is 17.6. The molecular weight excluding hydrogens is 902 g/mol. The van der Waals surface area contributed by atoms with E-state index in [9.17, 15) is 20.0 Å². The molecule has 382 valence electrons. The average molecular weight is 983 g/mol. The highest BCUT2D eigenvalue weighted by Crippen LogP contribution is 2.56. The van der Waals surface area contributed by atoms with Gasteiger partial charge < -0.3 is 34.9 Å². The van der Waals surface area contributed by atoms with Crippen LogP contribution < -0.4 is 30.7 Å². The van der Waals surface area contributed by atoms with E-state index in [2.05, 4.69) is 66.0 Å². The Morgan fingerprint density at radius 1 is 0.986 bits per heavy atom. The molecule has 0 radical (unpaired) electrons. The first kappa shape index (κ1) is 51.2. The SMILES string of the molecule is CN1C=C(c2cc(C(C)(C)O)ccc2OC(CCCOC2CCN(C3NCC(C(=O)NC4C(C)(C)C(Oc5ccc(C#N)c(Cl)c5)C4(C)C)C(C4CCCCCC4)N3)CC2)C2CC2)C2CCNC2C1=O. The molecule has 2 aromatic carbocycles. The van der Waals surface area contributed by atoms with Gasteiger partial charge in [0, 0.05) is 80.0 Å². The fourth-order valence-corrected chi connectivity index (χ4v) is 13.7. The van der Waals surface area contributed by atoms with Gasteiger partial charge in [-0.1, -0.05) is 71.0 Å². The Kier molecular flexibility index (Phi) is 15.4. The van der Waals surface area contributed by atoms with E-state index in [0.717, 1.165) is 99.9 Å². The van der Waals surface area contributed by atoms with Gasteiger partial charge in [-0.15, -0.1) is 0 Å². The largest absolute Gasteiger partial charge is 0.490 e. The fourth-order valence-electron chi connectivity index (χ4n) is 13.4. The molecule has 14 heteroatoms. The van der Waals surface area contributed by atoms with E-state index in [1.54, 1.807) is 23.1 Å². The van der Waals surface area contributed by atoms with Crippen molar-refractivity contribution >= 4 is 29.0 Å². The number of hydrogen-bond donors (Lipinski definition) is 5. The van der Waals surface area contributed by atoms with Crippen molar-refractivity contribution in [2.24, 2.45) is 34.5 Å². The van der Waals surface area contributed by atoms with Crippen molar-refractivity contribution in [3.05, 3.63) is 64.3 Å². The zero-order valence-corrected chi connectivity index (χ0v) is 43.6. The minimum absolute atomic E-state index is 0.00629. The number of nitrogens with one attached hydrogen (secondary N) is 4. The predicted molar refractivity (Wildman–Crippen MR) is 273 cm³/mol. The van der Waals surface area contributed by atoms with Crippen LogP contribution in [-0.4, -0.2) is 109 Å². The summed E-state index contributed by atoms with van der Waals surface area (Å²) >= 11 is 6.36. The molecule has 70 heavy (non-hydrogen) atoms. The van der Waals surface area contributed by atoms with Gasteiger partial charge in [-0.05, 0) is 125 Å². The van der Waals surface area contributed by atoms with Crippen molar-refractivity contribution in [1.82, 2.24) is 31.1 Å². The number of amides is 2. The predicted octanol–water partition coefficient (Wildman–Crippen LogP) is 8.08. The Bertz CT molecular complexity index is 2260. The third kappa shape index (κ3) is 10.8. The summed E-state index contributed by atoms with van der Waals surface area (Å²) in [6.07, 6.45) is 16.3. The van der Waals surface area contributed by atoms with E-state index < -0.39 is 5.60 Å². The highest BCUT2D eigenvalue weighted by atomic mass is 35.5. The Hall–Kier alpha value is -3.74. The number of rotatable bonds is 16. The monoisotopic (exact) mass is 982 g/mol. The summed E-state index contributed by atoms with van der Waals surface area (Å²) in [5.74, 6) is 2.49. The standard InChI is InChI=1S/C56H80ClN7O6/c1-54(2)51(55(3,4)52(54)69-39-20-18-36(31-58)44(57)30-39)62-49(65)42-32-60-53(61-47(42)35-13-10-8-9-11-14-35)64-26-23-38(24-27-64)68-28-12-15-45(34-16-17-34)70-46-21-19-37(56(5,6)67)29-41(46)43-33-63(7)50(66)48-40(43)22-25-59-48/h18-21,29-30,33-35,38,40,42,45,47-48,51-53,59-61,67H,8-17,22-28,32H2,1-7H3,(H,62,65). The first-order valence-corrected chi connectivity index (χ1v) is 27.1. The number of aliphatic hydroxyl groups is 1. The van der Waals surface area contributed by atoms with E-state index in [1.807, 2.05) is 39.2 Å². The van der Waals surface area contributed by atoms with Crippen molar-refractivity contribution < 1.29 is 28.9 Å². The number of halogens is 1. The van der Waals surface area contributed by atoms with E-state index in [-0.39, 0.29) is 77.2 Å². The highest BCUT2D eigenvalue weighted by molar-refractivity contribution is 6.31. The molecule has 0 spiro atoms. The lowest BCUT2D eigenvalue weighted by atomic mass is 9.49. The van der Waals surface area contributed by atoms with E-state index in [4.69, 9.17) is 25.8 Å². The Balaban J connectivity index is 0.779. The van der Waals surface area contributed by atoms with Crippen LogP contribution in [0.4, 0.5) is 0 Å². The van der Waals surface area contributed by atoms with Crippen LogP contribution in [0.3, 0.4) is 0 Å². The molecule has 0 aromatic heterocycles. The van der Waals surface area contributed by atoms with Crippen molar-refractivity contribution in [3.8, 4) is 17.6 Å². The summed E-state index contributed by atoms with van der Waals surface area (Å²) in [5.41, 5.74) is 1.63. The van der Waals surface area contributed by atoms with Crippen LogP contribution in [-0.2, 0) is 19.9 Å². The minimum atomic E-state index is -1.01. The van der Waals surface area contributed by atoms with Crippen LogP contribution in [0.5, 0.6) is 11.5 Å². The van der Waals surface area contributed by atoms with Gasteiger partial charge in [0.1, 0.15) is 36.1 Å². The normalized spacial score (nSPS) is 30.1. The summed E-state index contributed by atoms with van der Waals surface area (Å²) < 4.78 is 20.1. The number of piperidine rings is 1. The number of nitriles is 1. The van der Waals surface area contributed by atoms with Gasteiger partial charge in [0.05, 0.1) is 34.3 Å². The molecule has 2 aromatic rings. The number of carbonyl (C=O) groups is 2. The van der Waals surface area contributed by atoms with Gasteiger partial charge in [-0.25, -0.2) is 0 Å². The summed E-state index contributed by atoms with van der Waals surface area (Å²) in [6.45, 7) is 16.3. The second-order valence-corrected chi connectivity index (χ2v) is 24.0. The Labute approximate surface area is 422 Å². The second kappa shape index (κ2) is 21.0. The van der Waals surface area contributed by atoms with Crippen molar-refractivity contribution in [2.75, 3.05) is 39.8 Å². The quantitative estimate of drug-likeness (QED) is 0.0818. The molecule has 0 bridgehead atoms. The topological polar surface area (TPSA) is 160 Å². The van der Waals surface area contributed by atoms with Gasteiger partial charge in [-0.3, -0.25) is 25.1 Å². The maximum atomic E-state index is 14.6. The smallest absolute Gasteiger partial charge is 0.244 e. The van der Waals surface area contributed by atoms with Gasteiger partial charge in [-0.2, -0.15) is 5.26 Å². The zero-order valence-electron chi connectivity index (χ0n) is 42.8. The Morgan fingerprint density at radius 3 is 2.39 bits per heavy atom. The van der Waals surface area contributed by atoms with Crippen molar-refractivity contribution in [2.45, 2.75) is 173 Å². The van der Waals surface area contributed by atoms with E-state index in [0.29, 0.717) is 41.3 Å². The van der Waals surface area contributed by atoms with Crippen LogP contribution in [0.2, 0.25) is 5.02 Å². The van der Waals surface area contributed by atoms with Gasteiger partial charge in [0.25, 0.3) is 0 Å². The second-order valence-electron chi connectivity index (χ2n) is 23.6. The number of hydrogen-bond acceptors (Lipinski definition) is 11. The summed E-state index contributed by atoms with van der Waals surface area (Å²) in [5, 5.41) is 35.5. The molecule has 6 unspecified atom stereocenters. The zero-order chi connectivity index (χ0) is 49.5.